The first-order chi connectivity index (χ1) is 20.6. The van der Waals surface area contributed by atoms with Gasteiger partial charge in [0, 0.05) is 13.5 Å². The molecule has 2 aromatic rings. The number of ether oxygens (including phenoxy) is 4. The first-order valence-corrected chi connectivity index (χ1v) is 15.2. The molecule has 2 aromatic heterocycles. The molecular formula is C31H46FN5O7. The molecule has 0 radical (unpaired) electrons. The molecule has 0 unspecified atom stereocenters. The molecule has 3 N–H and O–H groups in total. The fourth-order valence-corrected chi connectivity index (χ4v) is 5.58. The highest BCUT2D eigenvalue weighted by atomic mass is 19.1. The SMILES string of the molecule is COC(C)(C)C(=O)Nc1ncnn2c([C@@H]3O[C@H](COC(=O)CC4CCCCC4)[C@@H](OC(=O)[C@@H](N)C(C)(C)C)[C@@]3(C)F)ccc12. The van der Waals surface area contributed by atoms with Crippen LogP contribution >= 0.6 is 0 Å². The van der Waals surface area contributed by atoms with Crippen LogP contribution in [0.4, 0.5) is 10.2 Å². The Hall–Kier alpha value is -3.16. The van der Waals surface area contributed by atoms with Gasteiger partial charge in [-0.3, -0.25) is 14.4 Å². The molecule has 0 aromatic carbocycles. The van der Waals surface area contributed by atoms with E-state index in [1.165, 1.54) is 31.3 Å². The summed E-state index contributed by atoms with van der Waals surface area (Å²) >= 11 is 0. The number of esters is 2. The lowest BCUT2D eigenvalue weighted by atomic mass is 9.87. The Bertz CT molecular complexity index is 1350. The first kappa shape index (κ1) is 33.7. The van der Waals surface area contributed by atoms with E-state index >= 15 is 4.39 Å². The highest BCUT2D eigenvalue weighted by molar-refractivity contribution is 5.98. The van der Waals surface area contributed by atoms with Gasteiger partial charge in [0.2, 0.25) is 0 Å². The molecule has 1 saturated carbocycles. The summed E-state index contributed by atoms with van der Waals surface area (Å²) in [5.74, 6) is -1.18. The van der Waals surface area contributed by atoms with E-state index in [0.717, 1.165) is 25.7 Å². The standard InChI is InChI=1S/C31H46FN5O7/c1-29(2,3)23(33)27(39)44-25-21(16-42-22(38)15-18-11-9-8-10-12-18)43-24(31(25,6)32)19-13-14-20-26(34-17-35-37(19)20)36-28(40)30(4,5)41-7/h13-14,17-18,21,23-25H,8-12,15-16,33H2,1-7H3,(H,34,35,36,40)/t21-,23-,24+,25-,31+/m1/s1. The predicted molar refractivity (Wildman–Crippen MR) is 159 cm³/mol. The molecule has 2 aliphatic rings. The number of anilines is 1. The number of alkyl halides is 1. The van der Waals surface area contributed by atoms with E-state index in [2.05, 4.69) is 15.4 Å². The van der Waals surface area contributed by atoms with Gasteiger partial charge in [0.25, 0.3) is 5.91 Å². The van der Waals surface area contributed by atoms with Gasteiger partial charge in [-0.15, -0.1) is 0 Å². The summed E-state index contributed by atoms with van der Waals surface area (Å²) < 4.78 is 41.0. The molecule has 0 spiro atoms. The van der Waals surface area contributed by atoms with Crippen molar-refractivity contribution in [1.29, 1.82) is 0 Å². The largest absolute Gasteiger partial charge is 0.463 e. The van der Waals surface area contributed by atoms with Gasteiger partial charge in [-0.25, -0.2) is 13.9 Å². The van der Waals surface area contributed by atoms with Crippen LogP contribution in [0.15, 0.2) is 18.5 Å². The molecule has 3 heterocycles. The van der Waals surface area contributed by atoms with E-state index in [1.54, 1.807) is 46.8 Å². The van der Waals surface area contributed by atoms with Crippen LogP contribution < -0.4 is 11.1 Å². The predicted octanol–water partition coefficient (Wildman–Crippen LogP) is 4.06. The Kier molecular flexibility index (Phi) is 10.0. The maximum Gasteiger partial charge on any atom is 0.323 e. The summed E-state index contributed by atoms with van der Waals surface area (Å²) in [6, 6.07) is 2.19. The molecular weight excluding hydrogens is 573 g/mol. The molecule has 1 aliphatic carbocycles. The van der Waals surface area contributed by atoms with Crippen LogP contribution in [0.25, 0.3) is 5.52 Å². The Morgan fingerprint density at radius 2 is 1.86 bits per heavy atom. The summed E-state index contributed by atoms with van der Waals surface area (Å²) in [5, 5.41) is 7.00. The number of nitrogens with zero attached hydrogens (tertiary/aromatic N) is 3. The smallest absolute Gasteiger partial charge is 0.323 e. The molecule has 12 nitrogen and oxygen atoms in total. The summed E-state index contributed by atoms with van der Waals surface area (Å²) in [7, 11) is 1.42. The van der Waals surface area contributed by atoms with Crippen molar-refractivity contribution in [2.24, 2.45) is 17.1 Å². The first-order valence-electron chi connectivity index (χ1n) is 15.2. The summed E-state index contributed by atoms with van der Waals surface area (Å²) in [6.45, 7) is 9.52. The third-order valence-corrected chi connectivity index (χ3v) is 8.78. The van der Waals surface area contributed by atoms with Crippen molar-refractivity contribution in [3.05, 3.63) is 24.2 Å². The maximum absolute atomic E-state index is 16.9. The van der Waals surface area contributed by atoms with Gasteiger partial charge in [0.1, 0.15) is 42.3 Å². The number of amides is 1. The molecule has 13 heteroatoms. The quantitative estimate of drug-likeness (QED) is 0.372. The highest BCUT2D eigenvalue weighted by Gasteiger charge is 2.59. The number of hydrogen-bond acceptors (Lipinski definition) is 10. The van der Waals surface area contributed by atoms with Crippen molar-refractivity contribution in [3.8, 4) is 0 Å². The third kappa shape index (κ3) is 7.21. The summed E-state index contributed by atoms with van der Waals surface area (Å²) in [6.07, 6.45) is 2.94. The number of nitrogens with two attached hydrogens (primary N) is 1. The number of hydrogen-bond donors (Lipinski definition) is 2. The van der Waals surface area contributed by atoms with Crippen LogP contribution in [0.2, 0.25) is 0 Å². The van der Waals surface area contributed by atoms with E-state index in [1.807, 2.05) is 0 Å². The zero-order valence-electron chi connectivity index (χ0n) is 26.7. The van der Waals surface area contributed by atoms with Crippen molar-refractivity contribution in [2.45, 2.75) is 116 Å². The Balaban J connectivity index is 1.60. The maximum atomic E-state index is 16.9. The molecule has 0 bridgehead atoms. The second-order valence-corrected chi connectivity index (χ2v) is 13.6. The lowest BCUT2D eigenvalue weighted by molar-refractivity contribution is -0.165. The molecule has 5 atom stereocenters. The van der Waals surface area contributed by atoms with Crippen molar-refractivity contribution in [1.82, 2.24) is 14.6 Å². The van der Waals surface area contributed by atoms with Crippen LogP contribution in [0, 0.1) is 11.3 Å². The van der Waals surface area contributed by atoms with E-state index in [0.29, 0.717) is 5.52 Å². The van der Waals surface area contributed by atoms with Crippen molar-refractivity contribution < 1.29 is 37.7 Å². The van der Waals surface area contributed by atoms with Gasteiger partial charge in [-0.1, -0.05) is 40.0 Å². The summed E-state index contributed by atoms with van der Waals surface area (Å²) in [5.41, 5.74) is 2.76. The van der Waals surface area contributed by atoms with E-state index in [4.69, 9.17) is 24.7 Å². The van der Waals surface area contributed by atoms with Crippen molar-refractivity contribution in [3.63, 3.8) is 0 Å². The minimum Gasteiger partial charge on any atom is -0.463 e. The van der Waals surface area contributed by atoms with Crippen LogP contribution in [0.3, 0.4) is 0 Å². The zero-order chi connectivity index (χ0) is 32.4. The number of halogens is 1. The number of carbonyl (C=O) groups is 3. The second kappa shape index (κ2) is 13.1. The number of methoxy groups -OCH3 is 1. The van der Waals surface area contributed by atoms with Crippen molar-refractivity contribution >= 4 is 29.2 Å². The monoisotopic (exact) mass is 619 g/mol. The van der Waals surface area contributed by atoms with E-state index < -0.39 is 58.9 Å². The average Bonchev–Trinajstić information content (AvgIpc) is 3.50. The van der Waals surface area contributed by atoms with Gasteiger partial charge >= 0.3 is 11.9 Å². The summed E-state index contributed by atoms with van der Waals surface area (Å²) in [4.78, 5) is 42.8. The molecule has 1 saturated heterocycles. The van der Waals surface area contributed by atoms with Gasteiger partial charge in [0.15, 0.2) is 17.6 Å². The van der Waals surface area contributed by atoms with Gasteiger partial charge in [-0.2, -0.15) is 5.10 Å². The topological polar surface area (TPSA) is 156 Å². The minimum atomic E-state index is -2.28. The lowest BCUT2D eigenvalue weighted by Crippen LogP contribution is -2.50. The molecule has 44 heavy (non-hydrogen) atoms. The van der Waals surface area contributed by atoms with Crippen LogP contribution in [0.5, 0.6) is 0 Å². The number of carbonyl (C=O) groups excluding carboxylic acids is 3. The third-order valence-electron chi connectivity index (χ3n) is 8.78. The second-order valence-electron chi connectivity index (χ2n) is 13.6. The molecule has 244 valence electrons. The van der Waals surface area contributed by atoms with Crippen LogP contribution in [-0.2, 0) is 33.3 Å². The average molecular weight is 620 g/mol. The van der Waals surface area contributed by atoms with Gasteiger partial charge < -0.3 is 30.0 Å². The molecule has 1 aliphatic heterocycles. The Morgan fingerprint density at radius 3 is 2.50 bits per heavy atom. The van der Waals surface area contributed by atoms with E-state index in [9.17, 15) is 14.4 Å². The Labute approximate surface area is 257 Å². The fourth-order valence-electron chi connectivity index (χ4n) is 5.58. The van der Waals surface area contributed by atoms with Crippen molar-refractivity contribution in [2.75, 3.05) is 19.0 Å². The highest BCUT2D eigenvalue weighted by Crippen LogP contribution is 2.47. The fraction of sp³-hybridized carbons (Fsp3) is 0.710. The number of aromatic nitrogens is 3. The number of fused-ring (bicyclic) bond motifs is 1. The normalized spacial score (nSPS) is 25.5. The van der Waals surface area contributed by atoms with E-state index in [-0.39, 0.29) is 30.5 Å². The van der Waals surface area contributed by atoms with Crippen LogP contribution in [-0.4, -0.2) is 75.7 Å². The zero-order valence-corrected chi connectivity index (χ0v) is 26.7. The molecule has 1 amide bonds. The lowest BCUT2D eigenvalue weighted by Gasteiger charge is -2.31. The van der Waals surface area contributed by atoms with Gasteiger partial charge in [0.05, 0.1) is 5.69 Å². The Morgan fingerprint density at radius 1 is 1.18 bits per heavy atom. The van der Waals surface area contributed by atoms with Gasteiger partial charge in [-0.05, 0) is 57.1 Å². The molecule has 2 fully saturated rings. The number of nitrogens with one attached hydrogen (secondary N) is 1. The molecule has 4 rings (SSSR count). The number of rotatable bonds is 10. The minimum absolute atomic E-state index is 0.187. The van der Waals surface area contributed by atoms with Crippen LogP contribution in [0.1, 0.15) is 91.9 Å².